The fraction of sp³-hybridized carbons (Fsp3) is 0.467. The second kappa shape index (κ2) is 7.42. The zero-order chi connectivity index (χ0) is 19.8. The number of aliphatic hydroxyl groups excluding tert-OH is 3. The Bertz CT molecular complexity index is 838. The van der Waals surface area contributed by atoms with Gasteiger partial charge >= 0.3 is 11.9 Å². The summed E-state index contributed by atoms with van der Waals surface area (Å²) in [5, 5.41) is 49.0. The molecule has 4 N–H and O–H groups in total. The third-order valence-electron chi connectivity index (χ3n) is 4.00. The van der Waals surface area contributed by atoms with Gasteiger partial charge in [-0.05, 0) is 18.4 Å². The van der Waals surface area contributed by atoms with Crippen LogP contribution in [0.25, 0.3) is 0 Å². The molecule has 0 spiro atoms. The third-order valence-corrected chi connectivity index (χ3v) is 4.87. The van der Waals surface area contributed by atoms with E-state index < -0.39 is 54.0 Å². The molecule has 0 bridgehead atoms. The maximum Gasteiger partial charge on any atom is 0.361 e. The van der Waals surface area contributed by atoms with Crippen molar-refractivity contribution in [2.75, 3.05) is 13.2 Å². The van der Waals surface area contributed by atoms with Crippen molar-refractivity contribution in [3.63, 3.8) is 0 Å². The molecule has 1 saturated heterocycles. The van der Waals surface area contributed by atoms with Crippen molar-refractivity contribution in [2.45, 2.75) is 31.1 Å². The van der Waals surface area contributed by atoms with Crippen molar-refractivity contribution in [3.8, 4) is 0 Å². The summed E-state index contributed by atoms with van der Waals surface area (Å²) in [6.07, 6.45) is -4.98. The van der Waals surface area contributed by atoms with Gasteiger partial charge in [-0.3, -0.25) is 4.79 Å². The van der Waals surface area contributed by atoms with Gasteiger partial charge in [-0.1, -0.05) is 11.3 Å². The summed E-state index contributed by atoms with van der Waals surface area (Å²) >= 11 is 1.07. The number of thiophene rings is 1. The number of ketones is 1. The van der Waals surface area contributed by atoms with Gasteiger partial charge < -0.3 is 29.9 Å². The number of esters is 1. The van der Waals surface area contributed by atoms with E-state index in [4.69, 9.17) is 9.47 Å². The minimum absolute atomic E-state index is 0.00696. The zero-order valence-corrected chi connectivity index (χ0v) is 14.9. The lowest BCUT2D eigenvalue weighted by atomic mass is 10.1. The molecule has 3 heterocycles. The van der Waals surface area contributed by atoms with E-state index in [0.29, 0.717) is 4.68 Å². The van der Waals surface area contributed by atoms with Crippen molar-refractivity contribution < 1.29 is 39.5 Å². The minimum Gasteiger partial charge on any atom is -0.461 e. The van der Waals surface area contributed by atoms with Crippen LogP contribution >= 0.6 is 11.3 Å². The Labute approximate surface area is 156 Å². The number of ether oxygens (including phenoxy) is 2. The monoisotopic (exact) mass is 399 g/mol. The predicted molar refractivity (Wildman–Crippen MR) is 87.9 cm³/mol. The number of hydrogen-bond donors (Lipinski definition) is 4. The summed E-state index contributed by atoms with van der Waals surface area (Å²) in [4.78, 5) is 25.3. The summed E-state index contributed by atoms with van der Waals surface area (Å²) in [6, 6.07) is 3.10. The summed E-state index contributed by atoms with van der Waals surface area (Å²) in [7, 11) is 0. The van der Waals surface area contributed by atoms with Gasteiger partial charge in [0.1, 0.15) is 12.2 Å². The summed E-state index contributed by atoms with van der Waals surface area (Å²) in [6.45, 7) is 0.851. The number of carbonyl (C=O) groups excluding carboxylic acids is 2. The molecule has 0 aliphatic carbocycles. The summed E-state index contributed by atoms with van der Waals surface area (Å²) < 4.78 is 10.5. The Morgan fingerprint density at radius 2 is 2.19 bits per heavy atom. The third kappa shape index (κ3) is 3.16. The fourth-order valence-electron chi connectivity index (χ4n) is 2.68. The van der Waals surface area contributed by atoms with Crippen LogP contribution in [0.15, 0.2) is 17.5 Å². The van der Waals surface area contributed by atoms with Crippen LogP contribution in [0.3, 0.4) is 0 Å². The van der Waals surface area contributed by atoms with Crippen molar-refractivity contribution in [2.24, 2.45) is 0 Å². The van der Waals surface area contributed by atoms with E-state index in [2.05, 4.69) is 10.3 Å². The second-order valence-corrected chi connectivity index (χ2v) is 6.61. The zero-order valence-electron chi connectivity index (χ0n) is 14.1. The van der Waals surface area contributed by atoms with Crippen LogP contribution in [0.5, 0.6) is 0 Å². The van der Waals surface area contributed by atoms with Gasteiger partial charge in [0.2, 0.25) is 11.5 Å². The first-order valence-corrected chi connectivity index (χ1v) is 8.81. The lowest BCUT2D eigenvalue weighted by Crippen LogP contribution is -2.47. The Kier molecular flexibility index (Phi) is 5.37. The van der Waals surface area contributed by atoms with Crippen molar-refractivity contribution >= 4 is 23.1 Å². The molecular formula is C15H17N3O8S. The molecule has 146 valence electrons. The Morgan fingerprint density at radius 3 is 2.74 bits per heavy atom. The van der Waals surface area contributed by atoms with Gasteiger partial charge in [0, 0.05) is 0 Å². The maximum atomic E-state index is 12.9. The molecule has 27 heavy (non-hydrogen) atoms. The van der Waals surface area contributed by atoms with E-state index in [9.17, 15) is 30.0 Å². The van der Waals surface area contributed by atoms with Crippen LogP contribution in [0.2, 0.25) is 0 Å². The van der Waals surface area contributed by atoms with Crippen LogP contribution in [0, 0.1) is 0 Å². The molecule has 12 heteroatoms. The van der Waals surface area contributed by atoms with Crippen LogP contribution in [0.4, 0.5) is 0 Å². The smallest absolute Gasteiger partial charge is 0.361 e. The van der Waals surface area contributed by atoms with Gasteiger partial charge in [0.05, 0.1) is 18.1 Å². The standard InChI is InChI=1S/C15H17N3O8S/c1-2-25-14(23)9-10(12(21)8-4-3-5-27-8)18(17-16-9)15(24)13(22)11(20)7(6-19)26-15/h3-5,7,11,13,19-20,22,24H,2,6H2,1H3/t7-,11-,13-,15+/m1/s1. The fourth-order valence-corrected chi connectivity index (χ4v) is 3.34. The number of hydrogen-bond acceptors (Lipinski definition) is 11. The molecule has 4 atom stereocenters. The topological polar surface area (TPSA) is 164 Å². The molecule has 1 fully saturated rings. The molecule has 11 nitrogen and oxygen atoms in total. The average Bonchev–Trinajstić information content (AvgIpc) is 3.37. The molecule has 2 aromatic heterocycles. The van der Waals surface area contributed by atoms with Gasteiger partial charge in [0.25, 0.3) is 0 Å². The van der Waals surface area contributed by atoms with E-state index in [-0.39, 0.29) is 11.5 Å². The second-order valence-electron chi connectivity index (χ2n) is 5.66. The number of aromatic nitrogens is 3. The van der Waals surface area contributed by atoms with Crippen molar-refractivity contribution in [3.05, 3.63) is 33.8 Å². The minimum atomic E-state index is -2.73. The Hall–Kier alpha value is -2.22. The average molecular weight is 399 g/mol. The largest absolute Gasteiger partial charge is 0.461 e. The van der Waals surface area contributed by atoms with Crippen LogP contribution in [-0.2, 0) is 15.4 Å². The molecular weight excluding hydrogens is 382 g/mol. The first-order valence-electron chi connectivity index (χ1n) is 7.93. The van der Waals surface area contributed by atoms with Crippen molar-refractivity contribution in [1.82, 2.24) is 15.0 Å². The highest BCUT2D eigenvalue weighted by atomic mass is 32.1. The Morgan fingerprint density at radius 1 is 1.44 bits per heavy atom. The van der Waals surface area contributed by atoms with Crippen LogP contribution in [-0.4, -0.2) is 78.7 Å². The Balaban J connectivity index is 2.13. The molecule has 2 aromatic rings. The van der Waals surface area contributed by atoms with E-state index in [0.717, 1.165) is 11.3 Å². The SMILES string of the molecule is CCOC(=O)c1nnn([C@@]2(O)O[C@H](CO)[C@@H](O)[C@H]2O)c1C(=O)c1cccs1. The first kappa shape index (κ1) is 19.5. The molecule has 0 radical (unpaired) electrons. The first-order chi connectivity index (χ1) is 12.8. The highest BCUT2D eigenvalue weighted by molar-refractivity contribution is 7.12. The number of aliphatic hydroxyl groups is 4. The molecule has 1 aliphatic heterocycles. The van der Waals surface area contributed by atoms with E-state index in [1.807, 2.05) is 0 Å². The van der Waals surface area contributed by atoms with Crippen LogP contribution in [0.1, 0.15) is 32.8 Å². The van der Waals surface area contributed by atoms with Gasteiger partial charge in [-0.2, -0.15) is 4.68 Å². The summed E-state index contributed by atoms with van der Waals surface area (Å²) in [5.74, 6) is -4.41. The van der Waals surface area contributed by atoms with Gasteiger partial charge in [-0.25, -0.2) is 4.79 Å². The molecule has 0 saturated carbocycles. The quantitative estimate of drug-likeness (QED) is 0.330. The number of carbonyl (C=O) groups is 2. The number of rotatable bonds is 6. The highest BCUT2D eigenvalue weighted by Gasteiger charge is 2.57. The molecule has 0 aromatic carbocycles. The van der Waals surface area contributed by atoms with E-state index >= 15 is 0 Å². The maximum absolute atomic E-state index is 12.9. The molecule has 1 aliphatic rings. The van der Waals surface area contributed by atoms with E-state index in [1.165, 1.54) is 6.07 Å². The summed E-state index contributed by atoms with van der Waals surface area (Å²) in [5.41, 5.74) is -0.968. The van der Waals surface area contributed by atoms with Crippen LogP contribution < -0.4 is 0 Å². The molecule has 3 rings (SSSR count). The lowest BCUT2D eigenvalue weighted by Gasteiger charge is -2.26. The molecule has 0 amide bonds. The predicted octanol–water partition coefficient (Wildman–Crippen LogP) is -1.54. The number of nitrogens with zero attached hydrogens (tertiary/aromatic N) is 3. The normalized spacial score (nSPS) is 27.7. The van der Waals surface area contributed by atoms with Gasteiger partial charge in [0.15, 0.2) is 11.8 Å². The highest BCUT2D eigenvalue weighted by Crippen LogP contribution is 2.35. The van der Waals surface area contributed by atoms with E-state index in [1.54, 1.807) is 18.4 Å². The van der Waals surface area contributed by atoms with Crippen molar-refractivity contribution in [1.29, 1.82) is 0 Å². The lowest BCUT2D eigenvalue weighted by molar-refractivity contribution is -0.295. The van der Waals surface area contributed by atoms with Gasteiger partial charge in [-0.15, -0.1) is 16.4 Å². The molecule has 0 unspecified atom stereocenters.